The molecule has 3 N–H and O–H groups in total. The lowest BCUT2D eigenvalue weighted by molar-refractivity contribution is 0.552. The van der Waals surface area contributed by atoms with Crippen LogP contribution in [0.25, 0.3) is 0 Å². The van der Waals surface area contributed by atoms with Gasteiger partial charge in [-0.2, -0.15) is 0 Å². The van der Waals surface area contributed by atoms with Gasteiger partial charge < -0.3 is 0 Å². The molecular formula is C14H14BrIN2. The summed E-state index contributed by atoms with van der Waals surface area (Å²) in [6.07, 6.45) is 0.884. The standard InChI is InChI=1S/C14H14BrIN2/c15-12-5-3-11(4-6-12)14(18-17)9-10-1-7-13(16)8-2-10/h1-8,14,18H,9,17H2. The third-order valence-electron chi connectivity index (χ3n) is 2.83. The van der Waals surface area contributed by atoms with Crippen molar-refractivity contribution in [1.29, 1.82) is 0 Å². The Morgan fingerprint density at radius 2 is 1.67 bits per heavy atom. The Kier molecular flexibility index (Phi) is 5.17. The fraction of sp³-hybridized carbons (Fsp3) is 0.143. The molecule has 0 spiro atoms. The van der Waals surface area contributed by atoms with E-state index in [2.05, 4.69) is 80.3 Å². The van der Waals surface area contributed by atoms with Crippen LogP contribution in [-0.2, 0) is 6.42 Å². The largest absolute Gasteiger partial charge is 0.271 e. The minimum absolute atomic E-state index is 0.137. The van der Waals surface area contributed by atoms with E-state index in [0.717, 1.165) is 10.9 Å². The SMILES string of the molecule is NNC(Cc1ccc(I)cc1)c1ccc(Br)cc1. The Labute approximate surface area is 129 Å². The number of hydrogen-bond donors (Lipinski definition) is 2. The van der Waals surface area contributed by atoms with Crippen LogP contribution in [0.15, 0.2) is 53.0 Å². The second-order valence-electron chi connectivity index (χ2n) is 4.10. The molecule has 2 aromatic carbocycles. The van der Waals surface area contributed by atoms with Gasteiger partial charge in [0.15, 0.2) is 0 Å². The van der Waals surface area contributed by atoms with Crippen molar-refractivity contribution in [2.45, 2.75) is 12.5 Å². The van der Waals surface area contributed by atoms with E-state index in [1.165, 1.54) is 14.7 Å². The fourth-order valence-corrected chi connectivity index (χ4v) is 2.45. The van der Waals surface area contributed by atoms with Crippen LogP contribution in [-0.4, -0.2) is 0 Å². The van der Waals surface area contributed by atoms with E-state index in [1.54, 1.807) is 0 Å². The van der Waals surface area contributed by atoms with Gasteiger partial charge in [0.25, 0.3) is 0 Å². The molecule has 0 aliphatic rings. The number of nitrogens with two attached hydrogens (primary N) is 1. The molecule has 2 nitrogen and oxygen atoms in total. The van der Waals surface area contributed by atoms with Gasteiger partial charge in [-0.15, -0.1) is 0 Å². The molecule has 0 saturated carbocycles. The van der Waals surface area contributed by atoms with Gasteiger partial charge >= 0.3 is 0 Å². The van der Waals surface area contributed by atoms with Crippen molar-refractivity contribution in [3.63, 3.8) is 0 Å². The van der Waals surface area contributed by atoms with Crippen molar-refractivity contribution < 1.29 is 0 Å². The molecule has 2 aromatic rings. The highest BCUT2D eigenvalue weighted by molar-refractivity contribution is 14.1. The second-order valence-corrected chi connectivity index (χ2v) is 6.26. The van der Waals surface area contributed by atoms with Crippen LogP contribution in [0.1, 0.15) is 17.2 Å². The molecule has 0 bridgehead atoms. The second kappa shape index (κ2) is 6.65. The van der Waals surface area contributed by atoms with Gasteiger partial charge in [-0.3, -0.25) is 11.3 Å². The molecule has 0 amide bonds. The van der Waals surface area contributed by atoms with Crippen molar-refractivity contribution in [2.75, 3.05) is 0 Å². The van der Waals surface area contributed by atoms with Gasteiger partial charge in [-0.1, -0.05) is 40.2 Å². The lowest BCUT2D eigenvalue weighted by atomic mass is 10.00. The van der Waals surface area contributed by atoms with Crippen molar-refractivity contribution in [3.05, 3.63) is 67.7 Å². The van der Waals surface area contributed by atoms with Crippen LogP contribution in [0.2, 0.25) is 0 Å². The lowest BCUT2D eigenvalue weighted by Gasteiger charge is -2.16. The highest BCUT2D eigenvalue weighted by Gasteiger charge is 2.10. The van der Waals surface area contributed by atoms with Crippen LogP contribution in [0.3, 0.4) is 0 Å². The first kappa shape index (κ1) is 14.0. The van der Waals surface area contributed by atoms with Crippen LogP contribution in [0, 0.1) is 3.57 Å². The summed E-state index contributed by atoms with van der Waals surface area (Å²) in [5.74, 6) is 5.66. The highest BCUT2D eigenvalue weighted by Crippen LogP contribution is 2.20. The van der Waals surface area contributed by atoms with Crippen molar-refractivity contribution in [3.8, 4) is 0 Å². The molecule has 18 heavy (non-hydrogen) atoms. The van der Waals surface area contributed by atoms with E-state index in [1.807, 2.05) is 12.1 Å². The predicted octanol–water partition coefficient (Wildman–Crippen LogP) is 3.80. The number of nitrogens with one attached hydrogen (secondary N) is 1. The summed E-state index contributed by atoms with van der Waals surface area (Å²) in [5.41, 5.74) is 5.36. The number of benzene rings is 2. The summed E-state index contributed by atoms with van der Waals surface area (Å²) in [7, 11) is 0. The predicted molar refractivity (Wildman–Crippen MR) is 87.1 cm³/mol. The van der Waals surface area contributed by atoms with Gasteiger partial charge in [-0.05, 0) is 64.4 Å². The van der Waals surface area contributed by atoms with E-state index >= 15 is 0 Å². The molecule has 0 heterocycles. The molecule has 0 aromatic heterocycles. The van der Waals surface area contributed by atoms with Crippen LogP contribution in [0.4, 0.5) is 0 Å². The zero-order valence-electron chi connectivity index (χ0n) is 9.74. The molecule has 0 fully saturated rings. The van der Waals surface area contributed by atoms with Crippen LogP contribution < -0.4 is 11.3 Å². The monoisotopic (exact) mass is 416 g/mol. The quantitative estimate of drug-likeness (QED) is 0.452. The average Bonchev–Trinajstić information content (AvgIpc) is 2.39. The van der Waals surface area contributed by atoms with Crippen molar-refractivity contribution in [2.24, 2.45) is 5.84 Å². The van der Waals surface area contributed by atoms with Crippen molar-refractivity contribution >= 4 is 38.5 Å². The maximum Gasteiger partial charge on any atom is 0.0500 e. The molecule has 0 aliphatic carbocycles. The summed E-state index contributed by atoms with van der Waals surface area (Å²) in [5, 5.41) is 0. The van der Waals surface area contributed by atoms with Gasteiger partial charge in [0.05, 0.1) is 0 Å². The van der Waals surface area contributed by atoms with Crippen LogP contribution in [0.5, 0.6) is 0 Å². The summed E-state index contributed by atoms with van der Waals surface area (Å²) in [6, 6.07) is 16.9. The third kappa shape index (κ3) is 3.78. The Balaban J connectivity index is 2.14. The zero-order valence-corrected chi connectivity index (χ0v) is 13.5. The number of hydrogen-bond acceptors (Lipinski definition) is 2. The van der Waals surface area contributed by atoms with E-state index in [0.29, 0.717) is 0 Å². The molecule has 1 unspecified atom stereocenters. The molecule has 0 saturated heterocycles. The Morgan fingerprint density at radius 3 is 2.22 bits per heavy atom. The minimum atomic E-state index is 0.137. The van der Waals surface area contributed by atoms with Gasteiger partial charge in [0, 0.05) is 14.1 Å². The molecule has 0 radical (unpaired) electrons. The first-order valence-electron chi connectivity index (χ1n) is 5.65. The number of halogens is 2. The van der Waals surface area contributed by atoms with E-state index < -0.39 is 0 Å². The average molecular weight is 417 g/mol. The van der Waals surface area contributed by atoms with Crippen molar-refractivity contribution in [1.82, 2.24) is 5.43 Å². The lowest BCUT2D eigenvalue weighted by Crippen LogP contribution is -2.29. The topological polar surface area (TPSA) is 38.0 Å². The summed E-state index contributed by atoms with van der Waals surface area (Å²) >= 11 is 5.75. The first-order chi connectivity index (χ1) is 8.69. The van der Waals surface area contributed by atoms with E-state index in [9.17, 15) is 0 Å². The molecule has 1 atom stereocenters. The maximum absolute atomic E-state index is 5.66. The van der Waals surface area contributed by atoms with Gasteiger partial charge in [0.2, 0.25) is 0 Å². The molecular weight excluding hydrogens is 403 g/mol. The molecule has 0 aliphatic heterocycles. The molecule has 4 heteroatoms. The van der Waals surface area contributed by atoms with E-state index in [4.69, 9.17) is 5.84 Å². The summed E-state index contributed by atoms with van der Waals surface area (Å²) in [6.45, 7) is 0. The smallest absolute Gasteiger partial charge is 0.0500 e. The highest BCUT2D eigenvalue weighted by atomic mass is 127. The third-order valence-corrected chi connectivity index (χ3v) is 4.07. The number of rotatable bonds is 4. The minimum Gasteiger partial charge on any atom is -0.271 e. The van der Waals surface area contributed by atoms with Crippen LogP contribution >= 0.6 is 38.5 Å². The number of hydrazine groups is 1. The zero-order chi connectivity index (χ0) is 13.0. The van der Waals surface area contributed by atoms with Gasteiger partial charge in [-0.25, -0.2) is 0 Å². The summed E-state index contributed by atoms with van der Waals surface area (Å²) in [4.78, 5) is 0. The normalized spacial score (nSPS) is 12.4. The molecule has 2 rings (SSSR count). The molecule has 94 valence electrons. The Morgan fingerprint density at radius 1 is 1.06 bits per heavy atom. The summed E-state index contributed by atoms with van der Waals surface area (Å²) < 4.78 is 2.33. The van der Waals surface area contributed by atoms with Gasteiger partial charge in [0.1, 0.15) is 0 Å². The Bertz CT molecular complexity index is 496. The Hall–Kier alpha value is -0.430. The maximum atomic E-state index is 5.66. The van der Waals surface area contributed by atoms with E-state index in [-0.39, 0.29) is 6.04 Å². The first-order valence-corrected chi connectivity index (χ1v) is 7.52. The fourth-order valence-electron chi connectivity index (χ4n) is 1.82.